The minimum absolute atomic E-state index is 0. The SMILES string of the molecule is CC(C)Oc1cccc(C(O)CNC(=O)c2ccccc2N)c1.Cl. The molecular weight excluding hydrogens is 328 g/mol. The Morgan fingerprint density at radius 2 is 1.92 bits per heavy atom. The van der Waals surface area contributed by atoms with Crippen molar-refractivity contribution in [2.24, 2.45) is 0 Å². The number of rotatable bonds is 6. The summed E-state index contributed by atoms with van der Waals surface area (Å²) in [7, 11) is 0. The summed E-state index contributed by atoms with van der Waals surface area (Å²) < 4.78 is 5.60. The average molecular weight is 351 g/mol. The van der Waals surface area contributed by atoms with Crippen LogP contribution in [0.4, 0.5) is 5.69 Å². The van der Waals surface area contributed by atoms with Gasteiger partial charge in [-0.1, -0.05) is 24.3 Å². The van der Waals surface area contributed by atoms with Crippen molar-refractivity contribution in [3.63, 3.8) is 0 Å². The van der Waals surface area contributed by atoms with E-state index in [0.29, 0.717) is 22.6 Å². The largest absolute Gasteiger partial charge is 0.491 e. The molecule has 0 saturated heterocycles. The van der Waals surface area contributed by atoms with Crippen LogP contribution in [-0.4, -0.2) is 23.7 Å². The number of nitrogen functional groups attached to an aromatic ring is 1. The third-order valence-electron chi connectivity index (χ3n) is 3.28. The van der Waals surface area contributed by atoms with E-state index in [0.717, 1.165) is 0 Å². The van der Waals surface area contributed by atoms with Crippen LogP contribution >= 0.6 is 12.4 Å². The average Bonchev–Trinajstić information content (AvgIpc) is 2.52. The first-order chi connectivity index (χ1) is 11.0. The summed E-state index contributed by atoms with van der Waals surface area (Å²) in [5.74, 6) is 0.381. The monoisotopic (exact) mass is 350 g/mol. The van der Waals surface area contributed by atoms with Gasteiger partial charge in [-0.2, -0.15) is 0 Å². The summed E-state index contributed by atoms with van der Waals surface area (Å²) in [6, 6.07) is 14.0. The molecule has 0 fully saturated rings. The van der Waals surface area contributed by atoms with Gasteiger partial charge in [-0.05, 0) is 43.7 Å². The number of aliphatic hydroxyl groups excluding tert-OH is 1. The number of aliphatic hydroxyl groups is 1. The molecule has 0 spiro atoms. The number of carbonyl (C=O) groups excluding carboxylic acids is 1. The fourth-order valence-electron chi connectivity index (χ4n) is 2.17. The summed E-state index contributed by atoms with van der Waals surface area (Å²) in [5, 5.41) is 12.9. The zero-order valence-electron chi connectivity index (χ0n) is 13.7. The predicted molar refractivity (Wildman–Crippen MR) is 97.6 cm³/mol. The van der Waals surface area contributed by atoms with Crippen LogP contribution in [0.25, 0.3) is 0 Å². The van der Waals surface area contributed by atoms with Crippen molar-refractivity contribution in [1.29, 1.82) is 0 Å². The highest BCUT2D eigenvalue weighted by Crippen LogP contribution is 2.20. The maximum Gasteiger partial charge on any atom is 0.253 e. The molecule has 0 aromatic heterocycles. The molecule has 6 heteroatoms. The molecule has 2 aromatic rings. The van der Waals surface area contributed by atoms with Gasteiger partial charge in [-0.15, -0.1) is 12.4 Å². The van der Waals surface area contributed by atoms with Crippen LogP contribution in [0.5, 0.6) is 5.75 Å². The lowest BCUT2D eigenvalue weighted by molar-refractivity contribution is 0.0917. The van der Waals surface area contributed by atoms with Gasteiger partial charge in [0.15, 0.2) is 0 Å². The second-order valence-corrected chi connectivity index (χ2v) is 5.55. The van der Waals surface area contributed by atoms with E-state index < -0.39 is 6.10 Å². The molecule has 1 atom stereocenters. The van der Waals surface area contributed by atoms with Crippen LogP contribution in [-0.2, 0) is 0 Å². The number of nitrogens with one attached hydrogen (secondary N) is 1. The van der Waals surface area contributed by atoms with Gasteiger partial charge in [0.25, 0.3) is 5.91 Å². The van der Waals surface area contributed by atoms with Crippen LogP contribution < -0.4 is 15.8 Å². The Hall–Kier alpha value is -2.24. The summed E-state index contributed by atoms with van der Waals surface area (Å²) in [4.78, 5) is 12.1. The number of para-hydroxylation sites is 1. The molecule has 2 aromatic carbocycles. The van der Waals surface area contributed by atoms with Gasteiger partial charge in [0.1, 0.15) is 5.75 Å². The highest BCUT2D eigenvalue weighted by Gasteiger charge is 2.13. The molecule has 1 amide bonds. The van der Waals surface area contributed by atoms with Gasteiger partial charge in [0.05, 0.1) is 17.8 Å². The van der Waals surface area contributed by atoms with Gasteiger partial charge in [0.2, 0.25) is 0 Å². The van der Waals surface area contributed by atoms with E-state index in [9.17, 15) is 9.90 Å². The summed E-state index contributed by atoms with van der Waals surface area (Å²) >= 11 is 0. The van der Waals surface area contributed by atoms with Gasteiger partial charge < -0.3 is 20.9 Å². The predicted octanol–water partition coefficient (Wildman–Crippen LogP) is 2.94. The highest BCUT2D eigenvalue weighted by molar-refractivity contribution is 5.99. The quantitative estimate of drug-likeness (QED) is 0.699. The summed E-state index contributed by atoms with van der Waals surface area (Å²) in [5.41, 5.74) is 7.26. The third kappa shape index (κ3) is 5.44. The first-order valence-electron chi connectivity index (χ1n) is 7.54. The Morgan fingerprint density at radius 1 is 1.21 bits per heavy atom. The summed E-state index contributed by atoms with van der Waals surface area (Å²) in [6.45, 7) is 3.97. The lowest BCUT2D eigenvalue weighted by atomic mass is 10.1. The Balaban J connectivity index is 0.00000288. The van der Waals surface area contributed by atoms with Gasteiger partial charge >= 0.3 is 0 Å². The van der Waals surface area contributed by atoms with Crippen molar-refractivity contribution < 1.29 is 14.6 Å². The second kappa shape index (κ2) is 9.15. The fraction of sp³-hybridized carbons (Fsp3) is 0.278. The number of nitrogens with two attached hydrogens (primary N) is 1. The van der Waals surface area contributed by atoms with Gasteiger partial charge in [-0.25, -0.2) is 0 Å². The Bertz CT molecular complexity index is 677. The molecule has 0 aliphatic heterocycles. The lowest BCUT2D eigenvalue weighted by Gasteiger charge is -2.15. The minimum atomic E-state index is -0.820. The van der Waals surface area contributed by atoms with Crippen LogP contribution in [0.1, 0.15) is 35.9 Å². The molecule has 2 rings (SSSR count). The van der Waals surface area contributed by atoms with E-state index in [1.165, 1.54) is 0 Å². The van der Waals surface area contributed by atoms with Crippen molar-refractivity contribution in [2.45, 2.75) is 26.1 Å². The molecular formula is C18H23ClN2O3. The van der Waals surface area contributed by atoms with E-state index >= 15 is 0 Å². The number of anilines is 1. The van der Waals surface area contributed by atoms with Crippen LogP contribution in [0.2, 0.25) is 0 Å². The van der Waals surface area contributed by atoms with E-state index in [1.807, 2.05) is 26.0 Å². The fourth-order valence-corrected chi connectivity index (χ4v) is 2.17. The van der Waals surface area contributed by atoms with Crippen molar-refractivity contribution in [3.8, 4) is 5.75 Å². The molecule has 5 nitrogen and oxygen atoms in total. The lowest BCUT2D eigenvalue weighted by Crippen LogP contribution is -2.29. The van der Waals surface area contributed by atoms with E-state index in [4.69, 9.17) is 10.5 Å². The second-order valence-electron chi connectivity index (χ2n) is 5.55. The number of amides is 1. The Labute approximate surface area is 148 Å². The first kappa shape index (κ1) is 19.8. The van der Waals surface area contributed by atoms with Crippen molar-refractivity contribution in [1.82, 2.24) is 5.32 Å². The molecule has 0 aliphatic rings. The van der Waals surface area contributed by atoms with Gasteiger partial charge in [-0.3, -0.25) is 4.79 Å². The topological polar surface area (TPSA) is 84.6 Å². The Morgan fingerprint density at radius 3 is 2.58 bits per heavy atom. The van der Waals surface area contributed by atoms with Crippen LogP contribution in [0, 0.1) is 0 Å². The van der Waals surface area contributed by atoms with Crippen LogP contribution in [0.15, 0.2) is 48.5 Å². The molecule has 0 aliphatic carbocycles. The van der Waals surface area contributed by atoms with E-state index in [2.05, 4.69) is 5.32 Å². The number of hydrogen-bond acceptors (Lipinski definition) is 4. The zero-order chi connectivity index (χ0) is 16.8. The van der Waals surface area contributed by atoms with E-state index in [1.54, 1.807) is 36.4 Å². The summed E-state index contributed by atoms with van der Waals surface area (Å²) in [6.07, 6.45) is -0.761. The first-order valence-corrected chi connectivity index (χ1v) is 7.54. The molecule has 0 saturated carbocycles. The Kier molecular flexibility index (Phi) is 7.55. The molecule has 4 N–H and O–H groups in total. The molecule has 130 valence electrons. The van der Waals surface area contributed by atoms with Crippen molar-refractivity contribution >= 4 is 24.0 Å². The molecule has 24 heavy (non-hydrogen) atoms. The number of carbonyl (C=O) groups is 1. The maximum absolute atomic E-state index is 12.1. The number of benzene rings is 2. The zero-order valence-corrected chi connectivity index (χ0v) is 14.5. The minimum Gasteiger partial charge on any atom is -0.491 e. The highest BCUT2D eigenvalue weighted by atomic mass is 35.5. The molecule has 0 heterocycles. The number of hydrogen-bond donors (Lipinski definition) is 3. The number of ether oxygens (including phenoxy) is 1. The number of halogens is 1. The standard InChI is InChI=1S/C18H22N2O3.ClH/c1-12(2)23-14-7-5-6-13(10-14)17(21)11-20-18(22)15-8-3-4-9-16(15)19;/h3-10,12,17,21H,11,19H2,1-2H3,(H,20,22);1H. The van der Waals surface area contributed by atoms with Crippen molar-refractivity contribution in [2.75, 3.05) is 12.3 Å². The third-order valence-corrected chi connectivity index (χ3v) is 3.28. The van der Waals surface area contributed by atoms with Gasteiger partial charge in [0, 0.05) is 12.2 Å². The molecule has 1 unspecified atom stereocenters. The van der Waals surface area contributed by atoms with E-state index in [-0.39, 0.29) is 31.0 Å². The smallest absolute Gasteiger partial charge is 0.253 e. The molecule has 0 bridgehead atoms. The maximum atomic E-state index is 12.1. The molecule has 0 radical (unpaired) electrons. The van der Waals surface area contributed by atoms with Crippen LogP contribution in [0.3, 0.4) is 0 Å². The van der Waals surface area contributed by atoms with Crippen molar-refractivity contribution in [3.05, 3.63) is 59.7 Å². The normalized spacial score (nSPS) is 11.5.